The molecular weight excluding hydrogens is 388 g/mol. The molecule has 1 aromatic carbocycles. The zero-order valence-electron chi connectivity index (χ0n) is 16.7. The average molecular weight is 417 g/mol. The van der Waals surface area contributed by atoms with Crippen LogP contribution in [-0.2, 0) is 14.6 Å². The van der Waals surface area contributed by atoms with Crippen molar-refractivity contribution in [1.29, 1.82) is 0 Å². The maximum atomic E-state index is 13.4. The predicted molar refractivity (Wildman–Crippen MR) is 111 cm³/mol. The molecule has 7 heteroatoms. The van der Waals surface area contributed by atoms with Crippen molar-refractivity contribution in [2.45, 2.75) is 49.2 Å². The minimum absolute atomic E-state index is 0.0218. The van der Waals surface area contributed by atoms with E-state index in [1.807, 2.05) is 6.92 Å². The Morgan fingerprint density at radius 2 is 1.90 bits per heavy atom. The van der Waals surface area contributed by atoms with Gasteiger partial charge in [0.1, 0.15) is 11.0 Å². The Morgan fingerprint density at radius 3 is 2.52 bits per heavy atom. The van der Waals surface area contributed by atoms with Crippen LogP contribution < -0.4 is 10.1 Å². The first-order chi connectivity index (χ1) is 14.0. The molecule has 1 saturated carbocycles. The SMILES string of the molecule is CCOc1ccc(S(=O)(=O)C(CNC(=O)C2CCCCC2)c2cccnc2)cc1. The van der Waals surface area contributed by atoms with Crippen molar-refractivity contribution in [2.24, 2.45) is 5.92 Å². The van der Waals surface area contributed by atoms with Crippen molar-refractivity contribution in [1.82, 2.24) is 10.3 Å². The average Bonchev–Trinajstić information content (AvgIpc) is 2.75. The number of nitrogens with zero attached hydrogens (tertiary/aromatic N) is 1. The lowest BCUT2D eigenvalue weighted by Crippen LogP contribution is -2.36. The summed E-state index contributed by atoms with van der Waals surface area (Å²) in [6.45, 7) is 2.41. The number of pyridine rings is 1. The zero-order valence-corrected chi connectivity index (χ0v) is 17.5. The van der Waals surface area contributed by atoms with E-state index >= 15 is 0 Å². The van der Waals surface area contributed by atoms with Gasteiger partial charge in [0, 0.05) is 24.9 Å². The second-order valence-corrected chi connectivity index (χ2v) is 9.43. The fourth-order valence-corrected chi connectivity index (χ4v) is 5.38. The van der Waals surface area contributed by atoms with Crippen molar-refractivity contribution < 1.29 is 17.9 Å². The third-order valence-electron chi connectivity index (χ3n) is 5.33. The first-order valence-electron chi connectivity index (χ1n) is 10.2. The summed E-state index contributed by atoms with van der Waals surface area (Å²) >= 11 is 0. The molecule has 0 spiro atoms. The number of carbonyl (C=O) groups is 1. The molecule has 6 nitrogen and oxygen atoms in total. The molecule has 1 aliphatic carbocycles. The molecule has 1 atom stereocenters. The standard InChI is InChI=1S/C22H28N2O4S/c1-2-28-19-10-12-20(13-11-19)29(26,27)21(18-9-6-14-23-15-18)16-24-22(25)17-7-4-3-5-8-17/h6,9-15,17,21H,2-5,7-8,16H2,1H3,(H,24,25). The lowest BCUT2D eigenvalue weighted by atomic mass is 9.88. The minimum atomic E-state index is -3.72. The summed E-state index contributed by atoms with van der Waals surface area (Å²) in [5.41, 5.74) is 0.560. The van der Waals surface area contributed by atoms with Gasteiger partial charge in [-0.2, -0.15) is 0 Å². The monoisotopic (exact) mass is 416 g/mol. The highest BCUT2D eigenvalue weighted by Gasteiger charge is 2.31. The van der Waals surface area contributed by atoms with E-state index in [-0.39, 0.29) is 23.3 Å². The molecule has 29 heavy (non-hydrogen) atoms. The maximum absolute atomic E-state index is 13.4. The highest BCUT2D eigenvalue weighted by atomic mass is 32.2. The zero-order chi connectivity index (χ0) is 20.7. The summed E-state index contributed by atoms with van der Waals surface area (Å²) in [5, 5.41) is 1.99. The van der Waals surface area contributed by atoms with Crippen molar-refractivity contribution in [3.05, 3.63) is 54.4 Å². The number of sulfone groups is 1. The predicted octanol–water partition coefficient (Wildman–Crippen LogP) is 3.69. The number of nitrogens with one attached hydrogen (secondary N) is 1. The van der Waals surface area contributed by atoms with E-state index in [1.165, 1.54) is 0 Å². The molecule has 0 bridgehead atoms. The molecule has 1 heterocycles. The van der Waals surface area contributed by atoms with Gasteiger partial charge in [-0.3, -0.25) is 9.78 Å². The molecule has 0 radical (unpaired) electrons. The quantitative estimate of drug-likeness (QED) is 0.709. The summed E-state index contributed by atoms with van der Waals surface area (Å²) in [6.07, 6.45) is 8.15. The van der Waals surface area contributed by atoms with Gasteiger partial charge in [0.05, 0.1) is 11.5 Å². The Bertz CT molecular complexity index is 892. The van der Waals surface area contributed by atoms with Crippen LogP contribution in [0, 0.1) is 5.92 Å². The van der Waals surface area contributed by atoms with Gasteiger partial charge in [-0.1, -0.05) is 25.3 Å². The second kappa shape index (κ2) is 9.87. The molecular formula is C22H28N2O4S. The van der Waals surface area contributed by atoms with Crippen molar-refractivity contribution in [3.63, 3.8) is 0 Å². The number of aromatic nitrogens is 1. The molecule has 0 saturated heterocycles. The Hall–Kier alpha value is -2.41. The van der Waals surface area contributed by atoms with Crippen molar-refractivity contribution >= 4 is 15.7 Å². The smallest absolute Gasteiger partial charge is 0.223 e. The van der Waals surface area contributed by atoms with E-state index in [4.69, 9.17) is 4.74 Å². The van der Waals surface area contributed by atoms with Crippen LogP contribution in [0.2, 0.25) is 0 Å². The number of carbonyl (C=O) groups excluding carboxylic acids is 1. The first-order valence-corrected chi connectivity index (χ1v) is 11.7. The highest BCUT2D eigenvalue weighted by Crippen LogP contribution is 2.30. The summed E-state index contributed by atoms with van der Waals surface area (Å²) < 4.78 is 32.1. The number of hydrogen-bond donors (Lipinski definition) is 1. The van der Waals surface area contributed by atoms with E-state index < -0.39 is 15.1 Å². The Labute approximate surface area is 172 Å². The minimum Gasteiger partial charge on any atom is -0.494 e. The van der Waals surface area contributed by atoms with Crippen LogP contribution in [0.25, 0.3) is 0 Å². The van der Waals surface area contributed by atoms with Crippen LogP contribution in [0.3, 0.4) is 0 Å². The molecule has 1 unspecified atom stereocenters. The third kappa shape index (κ3) is 5.35. The van der Waals surface area contributed by atoms with Gasteiger partial charge in [0.25, 0.3) is 0 Å². The molecule has 1 amide bonds. The van der Waals surface area contributed by atoms with Gasteiger partial charge in [-0.05, 0) is 55.7 Å². The van der Waals surface area contributed by atoms with Gasteiger partial charge in [0.2, 0.25) is 5.91 Å². The van der Waals surface area contributed by atoms with E-state index in [0.29, 0.717) is 17.9 Å². The molecule has 2 aromatic rings. The second-order valence-electron chi connectivity index (χ2n) is 7.30. The van der Waals surface area contributed by atoms with Crippen LogP contribution >= 0.6 is 0 Å². The number of rotatable bonds is 8. The van der Waals surface area contributed by atoms with Crippen LogP contribution in [0.5, 0.6) is 5.75 Å². The molecule has 0 aliphatic heterocycles. The van der Waals surface area contributed by atoms with Gasteiger partial charge in [-0.15, -0.1) is 0 Å². The molecule has 3 rings (SSSR count). The van der Waals surface area contributed by atoms with Crippen LogP contribution in [0.1, 0.15) is 49.8 Å². The third-order valence-corrected chi connectivity index (χ3v) is 7.45. The van der Waals surface area contributed by atoms with Crippen LogP contribution in [0.4, 0.5) is 0 Å². The normalized spacial score (nSPS) is 16.2. The summed E-state index contributed by atoms with van der Waals surface area (Å²) in [4.78, 5) is 16.8. The van der Waals surface area contributed by atoms with Gasteiger partial charge >= 0.3 is 0 Å². The number of ether oxygens (including phenoxy) is 1. The Balaban J connectivity index is 1.81. The molecule has 1 aromatic heterocycles. The Morgan fingerprint density at radius 1 is 1.17 bits per heavy atom. The van der Waals surface area contributed by atoms with E-state index in [0.717, 1.165) is 32.1 Å². The summed E-state index contributed by atoms with van der Waals surface area (Å²) in [7, 11) is -3.72. The summed E-state index contributed by atoms with van der Waals surface area (Å²) in [5.74, 6) is 0.543. The van der Waals surface area contributed by atoms with E-state index in [1.54, 1.807) is 48.8 Å². The van der Waals surface area contributed by atoms with Gasteiger partial charge < -0.3 is 10.1 Å². The van der Waals surface area contributed by atoms with Crippen LogP contribution in [-0.4, -0.2) is 32.5 Å². The fraction of sp³-hybridized carbons (Fsp3) is 0.455. The maximum Gasteiger partial charge on any atom is 0.223 e. The lowest BCUT2D eigenvalue weighted by molar-refractivity contribution is -0.125. The molecule has 156 valence electrons. The van der Waals surface area contributed by atoms with E-state index in [2.05, 4.69) is 10.3 Å². The molecule has 1 fully saturated rings. The Kier molecular flexibility index (Phi) is 7.25. The van der Waals surface area contributed by atoms with Crippen molar-refractivity contribution in [3.8, 4) is 5.75 Å². The number of hydrogen-bond acceptors (Lipinski definition) is 5. The summed E-state index contributed by atoms with van der Waals surface area (Å²) in [6, 6.07) is 9.84. The lowest BCUT2D eigenvalue weighted by Gasteiger charge is -2.23. The largest absolute Gasteiger partial charge is 0.494 e. The van der Waals surface area contributed by atoms with Gasteiger partial charge in [-0.25, -0.2) is 8.42 Å². The molecule has 1 aliphatic rings. The topological polar surface area (TPSA) is 85.4 Å². The molecule has 1 N–H and O–H groups in total. The highest BCUT2D eigenvalue weighted by molar-refractivity contribution is 7.91. The fourth-order valence-electron chi connectivity index (χ4n) is 3.73. The van der Waals surface area contributed by atoms with E-state index in [9.17, 15) is 13.2 Å². The van der Waals surface area contributed by atoms with Crippen LogP contribution in [0.15, 0.2) is 53.7 Å². The van der Waals surface area contributed by atoms with Crippen molar-refractivity contribution in [2.75, 3.05) is 13.2 Å². The number of benzene rings is 1. The number of amides is 1. The first kappa shape index (κ1) is 21.3. The van der Waals surface area contributed by atoms with Gasteiger partial charge in [0.15, 0.2) is 9.84 Å².